The van der Waals surface area contributed by atoms with Crippen molar-refractivity contribution in [1.82, 2.24) is 10.2 Å². The number of carbonyl (C=O) groups excluding carboxylic acids is 1. The van der Waals surface area contributed by atoms with Gasteiger partial charge in [-0.05, 0) is 25.7 Å². The predicted molar refractivity (Wildman–Crippen MR) is 66.2 cm³/mol. The summed E-state index contributed by atoms with van der Waals surface area (Å²) in [6.07, 6.45) is 3.53. The maximum Gasteiger partial charge on any atom is 0.326 e. The Morgan fingerprint density at radius 3 is 2.50 bits per heavy atom. The summed E-state index contributed by atoms with van der Waals surface area (Å²) >= 11 is 0. The molecule has 3 N–H and O–H groups in total. The lowest BCUT2D eigenvalue weighted by molar-refractivity contribution is -0.139. The number of carboxylic acids is 1. The molecule has 1 fully saturated rings. The highest BCUT2D eigenvalue weighted by atomic mass is 16.4. The summed E-state index contributed by atoms with van der Waals surface area (Å²) in [5.41, 5.74) is 0. The Morgan fingerprint density at radius 2 is 2.11 bits per heavy atom. The lowest BCUT2D eigenvalue weighted by Gasteiger charge is -2.32. The molecular formula is C12H22N2O4. The van der Waals surface area contributed by atoms with Gasteiger partial charge in [-0.25, -0.2) is 9.59 Å². The Bertz CT molecular complexity index is 292. The fourth-order valence-corrected chi connectivity index (χ4v) is 1.97. The summed E-state index contributed by atoms with van der Waals surface area (Å²) in [5.74, 6) is -0.561. The van der Waals surface area contributed by atoms with Crippen molar-refractivity contribution in [3.05, 3.63) is 0 Å². The fourth-order valence-electron chi connectivity index (χ4n) is 1.97. The molecule has 1 aliphatic carbocycles. The Balaban J connectivity index is 2.45. The van der Waals surface area contributed by atoms with Crippen molar-refractivity contribution < 1.29 is 19.8 Å². The largest absolute Gasteiger partial charge is 0.480 e. The van der Waals surface area contributed by atoms with E-state index in [-0.39, 0.29) is 19.1 Å². The molecule has 0 saturated heterocycles. The minimum absolute atomic E-state index is 0.0298. The first-order chi connectivity index (χ1) is 8.58. The van der Waals surface area contributed by atoms with Crippen molar-refractivity contribution in [2.45, 2.75) is 38.6 Å². The van der Waals surface area contributed by atoms with Gasteiger partial charge in [0.05, 0.1) is 0 Å². The molecule has 0 radical (unpaired) electrons. The number of aliphatic hydroxyl groups is 1. The van der Waals surface area contributed by atoms with Crippen molar-refractivity contribution >= 4 is 12.0 Å². The zero-order valence-corrected chi connectivity index (χ0v) is 10.8. The molecule has 1 rings (SSSR count). The van der Waals surface area contributed by atoms with Crippen LogP contribution in [0.4, 0.5) is 4.79 Å². The van der Waals surface area contributed by atoms with Crippen LogP contribution in [0.2, 0.25) is 0 Å². The zero-order valence-electron chi connectivity index (χ0n) is 10.8. The first-order valence-corrected chi connectivity index (χ1v) is 6.47. The van der Waals surface area contributed by atoms with Crippen LogP contribution in [0.5, 0.6) is 0 Å². The van der Waals surface area contributed by atoms with Crippen LogP contribution in [0, 0.1) is 5.92 Å². The lowest BCUT2D eigenvalue weighted by atomic mass is 9.85. The summed E-state index contributed by atoms with van der Waals surface area (Å²) in [6.45, 7) is 2.87. The number of aliphatic carboxylic acids is 1. The summed E-state index contributed by atoms with van der Waals surface area (Å²) in [7, 11) is 0. The molecule has 6 heteroatoms. The van der Waals surface area contributed by atoms with Gasteiger partial charge in [-0.3, -0.25) is 0 Å². The average molecular weight is 258 g/mol. The third kappa shape index (κ3) is 4.18. The van der Waals surface area contributed by atoms with Gasteiger partial charge in [0.25, 0.3) is 0 Å². The number of carbonyl (C=O) groups is 2. The van der Waals surface area contributed by atoms with E-state index in [0.29, 0.717) is 19.0 Å². The topological polar surface area (TPSA) is 89.9 Å². The molecule has 2 amide bonds. The molecule has 0 aromatic heterocycles. The zero-order chi connectivity index (χ0) is 13.5. The van der Waals surface area contributed by atoms with Crippen molar-refractivity contribution in [3.8, 4) is 0 Å². The first kappa shape index (κ1) is 14.8. The molecule has 0 aromatic rings. The van der Waals surface area contributed by atoms with Crippen molar-refractivity contribution in [3.63, 3.8) is 0 Å². The summed E-state index contributed by atoms with van der Waals surface area (Å²) in [6, 6.07) is -1.37. The number of rotatable bonds is 7. The number of urea groups is 1. The van der Waals surface area contributed by atoms with Gasteiger partial charge in [-0.15, -0.1) is 0 Å². The highest BCUT2D eigenvalue weighted by Gasteiger charge is 2.25. The van der Waals surface area contributed by atoms with E-state index in [0.717, 1.165) is 12.8 Å². The molecule has 1 aliphatic rings. The second-order valence-corrected chi connectivity index (χ2v) is 4.69. The van der Waals surface area contributed by atoms with Crippen LogP contribution in [-0.2, 0) is 4.79 Å². The SMILES string of the molecule is CCN(CC1CCC1)C(=O)N[C@H](CCO)C(=O)O. The van der Waals surface area contributed by atoms with Crippen molar-refractivity contribution in [2.75, 3.05) is 19.7 Å². The third-order valence-corrected chi connectivity index (χ3v) is 3.39. The monoisotopic (exact) mass is 258 g/mol. The number of nitrogens with one attached hydrogen (secondary N) is 1. The molecule has 0 unspecified atom stereocenters. The van der Waals surface area contributed by atoms with Gasteiger partial charge in [-0.2, -0.15) is 0 Å². The van der Waals surface area contributed by atoms with Crippen LogP contribution in [-0.4, -0.2) is 52.9 Å². The van der Waals surface area contributed by atoms with Crippen LogP contribution in [0.3, 0.4) is 0 Å². The van der Waals surface area contributed by atoms with Crippen molar-refractivity contribution in [1.29, 1.82) is 0 Å². The molecule has 0 bridgehead atoms. The Hall–Kier alpha value is -1.30. The van der Waals surface area contributed by atoms with Gasteiger partial charge < -0.3 is 20.4 Å². The maximum atomic E-state index is 11.9. The minimum atomic E-state index is -1.11. The van der Waals surface area contributed by atoms with E-state index in [1.807, 2.05) is 6.92 Å². The molecule has 0 heterocycles. The fraction of sp³-hybridized carbons (Fsp3) is 0.833. The van der Waals surface area contributed by atoms with Crippen LogP contribution >= 0.6 is 0 Å². The number of amides is 2. The molecular weight excluding hydrogens is 236 g/mol. The average Bonchev–Trinajstić information content (AvgIpc) is 2.26. The van der Waals surface area contributed by atoms with Crippen LogP contribution in [0.1, 0.15) is 32.6 Å². The van der Waals surface area contributed by atoms with Gasteiger partial charge in [0.15, 0.2) is 0 Å². The standard InChI is InChI=1S/C12H22N2O4/c1-2-14(8-9-4-3-5-9)12(18)13-10(6-7-15)11(16)17/h9-10,15H,2-8H2,1H3,(H,13,18)(H,16,17)/t10-/m1/s1. The molecule has 6 nitrogen and oxygen atoms in total. The van der Waals surface area contributed by atoms with E-state index >= 15 is 0 Å². The predicted octanol–water partition coefficient (Wildman–Crippen LogP) is 0.654. The van der Waals surface area contributed by atoms with E-state index < -0.39 is 12.0 Å². The van der Waals surface area contributed by atoms with E-state index in [1.165, 1.54) is 6.42 Å². The molecule has 0 aromatic carbocycles. The highest BCUT2D eigenvalue weighted by Crippen LogP contribution is 2.27. The second kappa shape index (κ2) is 7.20. The third-order valence-electron chi connectivity index (χ3n) is 3.39. The van der Waals surface area contributed by atoms with E-state index in [2.05, 4.69) is 5.32 Å². The number of hydrogen-bond acceptors (Lipinski definition) is 3. The lowest BCUT2D eigenvalue weighted by Crippen LogP contribution is -2.49. The second-order valence-electron chi connectivity index (χ2n) is 4.69. The number of aliphatic hydroxyl groups excluding tert-OH is 1. The van der Waals surface area contributed by atoms with E-state index in [4.69, 9.17) is 10.2 Å². The van der Waals surface area contributed by atoms with Gasteiger partial charge in [0, 0.05) is 26.1 Å². The molecule has 1 saturated carbocycles. The number of carboxylic acid groups (broad SMARTS) is 1. The van der Waals surface area contributed by atoms with Crippen molar-refractivity contribution in [2.24, 2.45) is 5.92 Å². The van der Waals surface area contributed by atoms with Gasteiger partial charge in [-0.1, -0.05) is 6.42 Å². The summed E-state index contributed by atoms with van der Waals surface area (Å²) < 4.78 is 0. The van der Waals surface area contributed by atoms with Crippen LogP contribution < -0.4 is 5.32 Å². The Kier molecular flexibility index (Phi) is 5.91. The van der Waals surface area contributed by atoms with Crippen LogP contribution in [0.15, 0.2) is 0 Å². The Labute approximate surface area is 107 Å². The smallest absolute Gasteiger partial charge is 0.326 e. The highest BCUT2D eigenvalue weighted by molar-refractivity contribution is 5.82. The summed E-state index contributed by atoms with van der Waals surface area (Å²) in [5, 5.41) is 20.1. The van der Waals surface area contributed by atoms with Gasteiger partial charge in [0.1, 0.15) is 6.04 Å². The maximum absolute atomic E-state index is 11.9. The van der Waals surface area contributed by atoms with E-state index in [9.17, 15) is 9.59 Å². The molecule has 104 valence electrons. The first-order valence-electron chi connectivity index (χ1n) is 6.47. The van der Waals surface area contributed by atoms with E-state index in [1.54, 1.807) is 4.90 Å². The molecule has 1 atom stereocenters. The van der Waals surface area contributed by atoms with Gasteiger partial charge in [0.2, 0.25) is 0 Å². The number of nitrogens with zero attached hydrogens (tertiary/aromatic N) is 1. The number of hydrogen-bond donors (Lipinski definition) is 3. The molecule has 0 spiro atoms. The van der Waals surface area contributed by atoms with Gasteiger partial charge >= 0.3 is 12.0 Å². The Morgan fingerprint density at radius 1 is 1.44 bits per heavy atom. The quantitative estimate of drug-likeness (QED) is 0.625. The normalized spacial score (nSPS) is 16.8. The minimum Gasteiger partial charge on any atom is -0.480 e. The van der Waals surface area contributed by atoms with Crippen LogP contribution in [0.25, 0.3) is 0 Å². The summed E-state index contributed by atoms with van der Waals surface area (Å²) in [4.78, 5) is 24.4. The molecule has 0 aliphatic heterocycles. The molecule has 18 heavy (non-hydrogen) atoms.